The highest BCUT2D eigenvalue weighted by molar-refractivity contribution is 6.04. The molecule has 1 aliphatic heterocycles. The van der Waals surface area contributed by atoms with Crippen LogP contribution in [0.2, 0.25) is 0 Å². The first-order valence-electron chi connectivity index (χ1n) is 11.4. The summed E-state index contributed by atoms with van der Waals surface area (Å²) in [4.78, 5) is 48.7. The maximum Gasteiger partial charge on any atom is 0.328 e. The van der Waals surface area contributed by atoms with Crippen LogP contribution in [0.3, 0.4) is 0 Å². The fourth-order valence-corrected chi connectivity index (χ4v) is 3.91. The number of aromatic amines is 1. The Morgan fingerprint density at radius 2 is 1.67 bits per heavy atom. The molecule has 3 amide bonds. The highest BCUT2D eigenvalue weighted by Crippen LogP contribution is 2.22. The number of nitrogens with one attached hydrogen (secondary N) is 2. The van der Waals surface area contributed by atoms with Crippen molar-refractivity contribution >= 4 is 34.8 Å². The van der Waals surface area contributed by atoms with Gasteiger partial charge in [-0.3, -0.25) is 9.69 Å². The zero-order valence-electron chi connectivity index (χ0n) is 19.5. The number of urea groups is 1. The Morgan fingerprint density at radius 3 is 2.31 bits per heavy atom. The van der Waals surface area contributed by atoms with Crippen molar-refractivity contribution in [3.05, 3.63) is 83.6 Å². The third-order valence-electron chi connectivity index (χ3n) is 5.63. The average molecular weight is 493 g/mol. The van der Waals surface area contributed by atoms with E-state index in [0.29, 0.717) is 38.1 Å². The molecule has 0 radical (unpaired) electrons. The second kappa shape index (κ2) is 12.3. The number of nitrogens with two attached hydrogens (primary N) is 1. The van der Waals surface area contributed by atoms with E-state index in [1.165, 1.54) is 10.5 Å². The summed E-state index contributed by atoms with van der Waals surface area (Å²) in [6, 6.07) is 15.1. The molecular formula is C26H28N4O6. The number of carboxylic acids is 2. The van der Waals surface area contributed by atoms with Crippen LogP contribution in [0.5, 0.6) is 0 Å². The minimum absolute atomic E-state index is 0.155. The van der Waals surface area contributed by atoms with E-state index in [9.17, 15) is 19.2 Å². The van der Waals surface area contributed by atoms with Crippen LogP contribution in [-0.2, 0) is 33.6 Å². The van der Waals surface area contributed by atoms with Crippen molar-refractivity contribution in [2.45, 2.75) is 25.3 Å². The van der Waals surface area contributed by atoms with Crippen molar-refractivity contribution in [2.24, 2.45) is 5.73 Å². The Hall–Kier alpha value is -4.44. The molecule has 2 aromatic carbocycles. The Morgan fingerprint density at radius 1 is 0.972 bits per heavy atom. The molecule has 6 N–H and O–H groups in total. The molecule has 1 fully saturated rings. The van der Waals surface area contributed by atoms with Crippen molar-refractivity contribution in [1.29, 1.82) is 0 Å². The number of fused-ring (bicyclic) bond motifs is 1. The first kappa shape index (κ1) is 26.2. The van der Waals surface area contributed by atoms with Gasteiger partial charge >= 0.3 is 18.0 Å². The molecule has 188 valence electrons. The molecule has 0 aliphatic carbocycles. The van der Waals surface area contributed by atoms with E-state index >= 15 is 0 Å². The molecule has 1 unspecified atom stereocenters. The van der Waals surface area contributed by atoms with E-state index < -0.39 is 18.0 Å². The maximum atomic E-state index is 12.7. The third-order valence-corrected chi connectivity index (χ3v) is 5.63. The summed E-state index contributed by atoms with van der Waals surface area (Å²) in [5.74, 6) is -2.67. The van der Waals surface area contributed by atoms with Crippen molar-refractivity contribution in [3.8, 4) is 0 Å². The zero-order chi connectivity index (χ0) is 26.1. The SMILES string of the molecule is NCCc1c[nH]c2ccc(CC3NC(=O)N(CCc4ccccc4)C3=O)cc12.O=C(O)/C=C\C(=O)O. The smallest absolute Gasteiger partial charge is 0.328 e. The number of carbonyl (C=O) groups excluding carboxylic acids is 2. The van der Waals surface area contributed by atoms with Crippen LogP contribution in [0.15, 0.2) is 66.9 Å². The topological polar surface area (TPSA) is 166 Å². The number of amides is 3. The molecule has 4 rings (SSSR count). The van der Waals surface area contributed by atoms with Gasteiger partial charge in [0.05, 0.1) is 0 Å². The van der Waals surface area contributed by atoms with Gasteiger partial charge in [0.25, 0.3) is 5.91 Å². The first-order valence-corrected chi connectivity index (χ1v) is 11.4. The quantitative estimate of drug-likeness (QED) is 0.225. The number of rotatable bonds is 9. The zero-order valence-corrected chi connectivity index (χ0v) is 19.5. The summed E-state index contributed by atoms with van der Waals surface area (Å²) in [7, 11) is 0. The number of aliphatic carboxylic acids is 2. The summed E-state index contributed by atoms with van der Waals surface area (Å²) >= 11 is 0. The fourth-order valence-electron chi connectivity index (χ4n) is 3.91. The number of aromatic nitrogens is 1. The van der Waals surface area contributed by atoms with E-state index in [4.69, 9.17) is 15.9 Å². The Kier molecular flexibility index (Phi) is 8.95. The molecule has 1 saturated heterocycles. The molecule has 2 heterocycles. The predicted octanol–water partition coefficient (Wildman–Crippen LogP) is 2.09. The fraction of sp³-hybridized carbons (Fsp3) is 0.231. The summed E-state index contributed by atoms with van der Waals surface area (Å²) in [6.07, 6.45) is 5.04. The van der Waals surface area contributed by atoms with Gasteiger partial charge in [-0.25, -0.2) is 14.4 Å². The summed E-state index contributed by atoms with van der Waals surface area (Å²) in [6.45, 7) is 0.980. The maximum absolute atomic E-state index is 12.7. The standard InChI is InChI=1S/C22H24N4O2.C4H4O4/c23-10-8-17-14-24-19-7-6-16(12-18(17)19)13-20-21(27)26(22(28)25-20)11-9-15-4-2-1-3-5-15;5-3(6)1-2-4(7)8/h1-7,12,14,20,24H,8-11,13,23H2,(H,25,28);1-2H,(H,5,6)(H,7,8)/b;2-1-. The Balaban J connectivity index is 0.000000392. The first-order chi connectivity index (χ1) is 17.3. The summed E-state index contributed by atoms with van der Waals surface area (Å²) < 4.78 is 0. The molecule has 0 bridgehead atoms. The Bertz CT molecular complexity index is 1250. The number of H-pyrrole nitrogens is 1. The van der Waals surface area contributed by atoms with E-state index in [2.05, 4.69) is 16.4 Å². The van der Waals surface area contributed by atoms with Crippen LogP contribution in [-0.4, -0.2) is 63.1 Å². The third kappa shape index (κ3) is 7.03. The number of hydrogen-bond acceptors (Lipinski definition) is 5. The van der Waals surface area contributed by atoms with Crippen molar-refractivity contribution < 1.29 is 29.4 Å². The van der Waals surface area contributed by atoms with E-state index in [0.717, 1.165) is 28.5 Å². The van der Waals surface area contributed by atoms with Gasteiger partial charge in [0, 0.05) is 42.2 Å². The van der Waals surface area contributed by atoms with Gasteiger partial charge in [0.2, 0.25) is 0 Å². The molecule has 1 aliphatic rings. The van der Waals surface area contributed by atoms with E-state index in [-0.39, 0.29) is 11.9 Å². The predicted molar refractivity (Wildman–Crippen MR) is 133 cm³/mol. The largest absolute Gasteiger partial charge is 0.478 e. The molecule has 0 saturated carbocycles. The van der Waals surface area contributed by atoms with Gasteiger partial charge in [-0.15, -0.1) is 0 Å². The molecule has 1 atom stereocenters. The van der Waals surface area contributed by atoms with Crippen LogP contribution in [0, 0.1) is 0 Å². The Labute approximate surface area is 207 Å². The van der Waals surface area contributed by atoms with Gasteiger partial charge in [-0.2, -0.15) is 0 Å². The van der Waals surface area contributed by atoms with Crippen LogP contribution < -0.4 is 11.1 Å². The molecule has 1 aromatic heterocycles. The summed E-state index contributed by atoms with van der Waals surface area (Å²) in [5, 5.41) is 19.6. The molecule has 10 nitrogen and oxygen atoms in total. The van der Waals surface area contributed by atoms with E-state index in [1.807, 2.05) is 48.7 Å². The van der Waals surface area contributed by atoms with Crippen LogP contribution in [0.25, 0.3) is 10.9 Å². The minimum Gasteiger partial charge on any atom is -0.478 e. The number of carbonyl (C=O) groups is 4. The van der Waals surface area contributed by atoms with Gasteiger partial charge in [0.15, 0.2) is 0 Å². The summed E-state index contributed by atoms with van der Waals surface area (Å²) in [5.41, 5.74) is 10.0. The van der Waals surface area contributed by atoms with Crippen LogP contribution in [0.4, 0.5) is 4.79 Å². The lowest BCUT2D eigenvalue weighted by Crippen LogP contribution is -2.33. The van der Waals surface area contributed by atoms with Crippen molar-refractivity contribution in [1.82, 2.24) is 15.2 Å². The molecule has 10 heteroatoms. The van der Waals surface area contributed by atoms with Crippen molar-refractivity contribution in [3.63, 3.8) is 0 Å². The lowest BCUT2D eigenvalue weighted by molar-refractivity contribution is -0.134. The minimum atomic E-state index is -1.26. The van der Waals surface area contributed by atoms with Gasteiger partial charge in [0.1, 0.15) is 6.04 Å². The lowest BCUT2D eigenvalue weighted by atomic mass is 10.0. The average Bonchev–Trinajstić information content (AvgIpc) is 3.37. The highest BCUT2D eigenvalue weighted by atomic mass is 16.4. The van der Waals surface area contributed by atoms with Crippen molar-refractivity contribution in [2.75, 3.05) is 13.1 Å². The normalized spacial score (nSPS) is 15.1. The number of nitrogens with zero attached hydrogens (tertiary/aromatic N) is 1. The molecular weight excluding hydrogens is 464 g/mol. The monoisotopic (exact) mass is 492 g/mol. The molecule has 36 heavy (non-hydrogen) atoms. The van der Waals surface area contributed by atoms with Crippen LogP contribution in [0.1, 0.15) is 16.7 Å². The number of hydrogen-bond donors (Lipinski definition) is 5. The second-order valence-corrected chi connectivity index (χ2v) is 8.17. The number of imide groups is 1. The van der Waals surface area contributed by atoms with Gasteiger partial charge in [-0.1, -0.05) is 36.4 Å². The van der Waals surface area contributed by atoms with Gasteiger partial charge in [-0.05, 0) is 48.2 Å². The molecule has 3 aromatic rings. The highest BCUT2D eigenvalue weighted by Gasteiger charge is 2.37. The number of benzene rings is 2. The lowest BCUT2D eigenvalue weighted by Gasteiger charge is -2.13. The van der Waals surface area contributed by atoms with Gasteiger partial charge < -0.3 is 26.2 Å². The second-order valence-electron chi connectivity index (χ2n) is 8.17. The van der Waals surface area contributed by atoms with E-state index in [1.54, 1.807) is 0 Å². The van der Waals surface area contributed by atoms with Crippen LogP contribution >= 0.6 is 0 Å². The molecule has 0 spiro atoms. The number of carboxylic acid groups (broad SMARTS) is 2.